The summed E-state index contributed by atoms with van der Waals surface area (Å²) in [6.07, 6.45) is 1.85. The predicted octanol–water partition coefficient (Wildman–Crippen LogP) is 2.44. The Morgan fingerprint density at radius 3 is 3.00 bits per heavy atom. The SMILES string of the molecule is Cc1ccc(CNc2ccc3oc(=O)[nH]c3c2)cn1. The number of aromatic nitrogens is 2. The summed E-state index contributed by atoms with van der Waals surface area (Å²) >= 11 is 0. The fourth-order valence-corrected chi connectivity index (χ4v) is 1.87. The molecule has 0 saturated carbocycles. The highest BCUT2D eigenvalue weighted by molar-refractivity contribution is 5.76. The number of benzene rings is 1. The number of hydrogen-bond acceptors (Lipinski definition) is 4. The van der Waals surface area contributed by atoms with Crippen LogP contribution in [0.15, 0.2) is 45.7 Å². The zero-order valence-corrected chi connectivity index (χ0v) is 10.4. The van der Waals surface area contributed by atoms with Crippen LogP contribution in [0.1, 0.15) is 11.3 Å². The summed E-state index contributed by atoms with van der Waals surface area (Å²) in [5, 5.41) is 3.28. The van der Waals surface area contributed by atoms with Crippen molar-refractivity contribution in [2.75, 3.05) is 5.32 Å². The lowest BCUT2D eigenvalue weighted by Crippen LogP contribution is -2.00. The van der Waals surface area contributed by atoms with E-state index >= 15 is 0 Å². The van der Waals surface area contributed by atoms with E-state index in [0.717, 1.165) is 16.9 Å². The molecule has 2 N–H and O–H groups in total. The fraction of sp³-hybridized carbons (Fsp3) is 0.143. The van der Waals surface area contributed by atoms with Crippen LogP contribution in [0.2, 0.25) is 0 Å². The number of H-pyrrole nitrogens is 1. The van der Waals surface area contributed by atoms with Crippen molar-refractivity contribution in [3.63, 3.8) is 0 Å². The lowest BCUT2D eigenvalue weighted by atomic mass is 10.2. The van der Waals surface area contributed by atoms with E-state index in [1.807, 2.05) is 37.4 Å². The van der Waals surface area contributed by atoms with E-state index in [1.165, 1.54) is 0 Å². The topological polar surface area (TPSA) is 70.9 Å². The van der Waals surface area contributed by atoms with Crippen LogP contribution in [-0.2, 0) is 6.54 Å². The van der Waals surface area contributed by atoms with Gasteiger partial charge in [0.05, 0.1) is 5.52 Å². The normalized spacial score (nSPS) is 10.8. The lowest BCUT2D eigenvalue weighted by molar-refractivity contribution is 0.555. The van der Waals surface area contributed by atoms with Crippen molar-refractivity contribution in [3.8, 4) is 0 Å². The first-order valence-electron chi connectivity index (χ1n) is 5.99. The van der Waals surface area contributed by atoms with Gasteiger partial charge in [0.15, 0.2) is 5.58 Å². The third-order valence-corrected chi connectivity index (χ3v) is 2.89. The van der Waals surface area contributed by atoms with Crippen LogP contribution >= 0.6 is 0 Å². The summed E-state index contributed by atoms with van der Waals surface area (Å²) in [7, 11) is 0. The van der Waals surface area contributed by atoms with Crippen molar-refractivity contribution in [2.45, 2.75) is 13.5 Å². The molecule has 19 heavy (non-hydrogen) atoms. The van der Waals surface area contributed by atoms with Gasteiger partial charge in [-0.3, -0.25) is 9.97 Å². The molecule has 5 heteroatoms. The zero-order valence-electron chi connectivity index (χ0n) is 10.4. The average Bonchev–Trinajstić information content (AvgIpc) is 2.77. The molecule has 0 aliphatic heterocycles. The van der Waals surface area contributed by atoms with Crippen LogP contribution in [-0.4, -0.2) is 9.97 Å². The molecule has 0 radical (unpaired) electrons. The standard InChI is InChI=1S/C14H13N3O2/c1-9-2-3-10(7-15-9)8-16-11-4-5-13-12(6-11)17-14(18)19-13/h2-7,16H,8H2,1H3,(H,17,18). The molecule has 5 nitrogen and oxygen atoms in total. The number of oxazole rings is 1. The smallest absolute Gasteiger partial charge is 0.408 e. The number of fused-ring (bicyclic) bond motifs is 1. The van der Waals surface area contributed by atoms with Gasteiger partial charge in [0.1, 0.15) is 0 Å². The number of nitrogens with zero attached hydrogens (tertiary/aromatic N) is 1. The van der Waals surface area contributed by atoms with Gasteiger partial charge in [-0.15, -0.1) is 0 Å². The second-order valence-corrected chi connectivity index (χ2v) is 4.39. The number of aromatic amines is 1. The first-order valence-corrected chi connectivity index (χ1v) is 5.99. The molecule has 3 aromatic rings. The summed E-state index contributed by atoms with van der Waals surface area (Å²) in [6.45, 7) is 2.64. The van der Waals surface area contributed by atoms with E-state index in [-0.39, 0.29) is 0 Å². The number of pyridine rings is 1. The summed E-state index contributed by atoms with van der Waals surface area (Å²) < 4.78 is 4.95. The molecular weight excluding hydrogens is 242 g/mol. The molecular formula is C14H13N3O2. The van der Waals surface area contributed by atoms with E-state index in [4.69, 9.17) is 4.42 Å². The van der Waals surface area contributed by atoms with Crippen molar-refractivity contribution < 1.29 is 4.42 Å². The molecule has 3 rings (SSSR count). The van der Waals surface area contributed by atoms with Gasteiger partial charge in [0, 0.05) is 24.1 Å². The molecule has 1 aromatic carbocycles. The Morgan fingerprint density at radius 2 is 2.21 bits per heavy atom. The Kier molecular flexibility index (Phi) is 2.79. The van der Waals surface area contributed by atoms with Crippen LogP contribution in [0.5, 0.6) is 0 Å². The van der Waals surface area contributed by atoms with E-state index in [0.29, 0.717) is 17.6 Å². The third-order valence-electron chi connectivity index (χ3n) is 2.89. The Balaban J connectivity index is 1.77. The highest BCUT2D eigenvalue weighted by Crippen LogP contribution is 2.16. The quantitative estimate of drug-likeness (QED) is 0.754. The Morgan fingerprint density at radius 1 is 1.32 bits per heavy atom. The van der Waals surface area contributed by atoms with Gasteiger partial charge in [0.25, 0.3) is 0 Å². The maximum atomic E-state index is 11.1. The minimum Gasteiger partial charge on any atom is -0.408 e. The number of rotatable bonds is 3. The monoisotopic (exact) mass is 255 g/mol. The second-order valence-electron chi connectivity index (χ2n) is 4.39. The number of nitrogens with one attached hydrogen (secondary N) is 2. The van der Waals surface area contributed by atoms with Crippen molar-refractivity contribution in [1.82, 2.24) is 9.97 Å². The molecule has 0 atom stereocenters. The third kappa shape index (κ3) is 2.49. The van der Waals surface area contributed by atoms with Crippen LogP contribution in [0, 0.1) is 6.92 Å². The number of hydrogen-bond donors (Lipinski definition) is 2. The minimum atomic E-state index is -0.435. The van der Waals surface area contributed by atoms with E-state index in [2.05, 4.69) is 15.3 Å². The summed E-state index contributed by atoms with van der Waals surface area (Å²) in [5.74, 6) is -0.435. The average molecular weight is 255 g/mol. The van der Waals surface area contributed by atoms with Crippen molar-refractivity contribution in [2.24, 2.45) is 0 Å². The Hall–Kier alpha value is -2.56. The number of anilines is 1. The molecule has 0 aliphatic carbocycles. The van der Waals surface area contributed by atoms with Gasteiger partial charge in [-0.1, -0.05) is 6.07 Å². The first kappa shape index (κ1) is 11.5. The first-order chi connectivity index (χ1) is 9.20. The van der Waals surface area contributed by atoms with Crippen molar-refractivity contribution in [3.05, 3.63) is 58.3 Å². The predicted molar refractivity (Wildman–Crippen MR) is 73.1 cm³/mol. The van der Waals surface area contributed by atoms with Gasteiger partial charge in [-0.2, -0.15) is 0 Å². The highest BCUT2D eigenvalue weighted by atomic mass is 16.4. The summed E-state index contributed by atoms with van der Waals surface area (Å²) in [4.78, 5) is 17.9. The molecule has 0 bridgehead atoms. The second kappa shape index (κ2) is 4.61. The van der Waals surface area contributed by atoms with Crippen molar-refractivity contribution >= 4 is 16.8 Å². The Bertz CT molecular complexity index is 756. The minimum absolute atomic E-state index is 0.435. The van der Waals surface area contributed by atoms with Gasteiger partial charge in [-0.05, 0) is 36.8 Å². The molecule has 2 heterocycles. The lowest BCUT2D eigenvalue weighted by Gasteiger charge is -2.06. The van der Waals surface area contributed by atoms with Crippen LogP contribution < -0.4 is 11.1 Å². The Labute approximate surface area is 109 Å². The van der Waals surface area contributed by atoms with E-state index < -0.39 is 5.76 Å². The van der Waals surface area contributed by atoms with E-state index in [9.17, 15) is 4.79 Å². The fourth-order valence-electron chi connectivity index (χ4n) is 1.87. The van der Waals surface area contributed by atoms with Gasteiger partial charge in [0.2, 0.25) is 0 Å². The molecule has 96 valence electrons. The highest BCUT2D eigenvalue weighted by Gasteiger charge is 2.02. The summed E-state index contributed by atoms with van der Waals surface area (Å²) in [6, 6.07) is 9.51. The van der Waals surface area contributed by atoms with Crippen LogP contribution in [0.25, 0.3) is 11.1 Å². The molecule has 0 unspecified atom stereocenters. The van der Waals surface area contributed by atoms with Gasteiger partial charge >= 0.3 is 5.76 Å². The molecule has 0 saturated heterocycles. The molecule has 0 aliphatic rings. The van der Waals surface area contributed by atoms with E-state index in [1.54, 1.807) is 6.07 Å². The molecule has 0 amide bonds. The van der Waals surface area contributed by atoms with Gasteiger partial charge < -0.3 is 9.73 Å². The molecule has 2 aromatic heterocycles. The van der Waals surface area contributed by atoms with Crippen molar-refractivity contribution in [1.29, 1.82) is 0 Å². The van der Waals surface area contributed by atoms with Crippen LogP contribution in [0.3, 0.4) is 0 Å². The van der Waals surface area contributed by atoms with Gasteiger partial charge in [-0.25, -0.2) is 4.79 Å². The largest absolute Gasteiger partial charge is 0.417 e. The van der Waals surface area contributed by atoms with Crippen LogP contribution in [0.4, 0.5) is 5.69 Å². The maximum Gasteiger partial charge on any atom is 0.417 e. The summed E-state index contributed by atoms with van der Waals surface area (Å²) in [5.41, 5.74) is 4.28. The maximum absolute atomic E-state index is 11.1. The number of aryl methyl sites for hydroxylation is 1. The molecule has 0 fully saturated rings. The zero-order chi connectivity index (χ0) is 13.2. The molecule has 0 spiro atoms.